The molecular weight excluding hydrogens is 256 g/mol. The molecule has 4 heteroatoms. The molecule has 19 heavy (non-hydrogen) atoms. The lowest BCUT2D eigenvalue weighted by atomic mass is 10.2. The molecule has 0 radical (unpaired) electrons. The van der Waals surface area contributed by atoms with Crippen LogP contribution in [0.4, 0.5) is 5.82 Å². The highest BCUT2D eigenvalue weighted by molar-refractivity contribution is 7.98. The summed E-state index contributed by atoms with van der Waals surface area (Å²) in [6, 6.07) is 14.0. The summed E-state index contributed by atoms with van der Waals surface area (Å²) in [6.45, 7) is 3.04. The van der Waals surface area contributed by atoms with E-state index in [9.17, 15) is 0 Å². The fourth-order valence-corrected chi connectivity index (χ4v) is 2.49. The highest BCUT2D eigenvalue weighted by Crippen LogP contribution is 2.22. The minimum Gasteiger partial charge on any atom is -0.392 e. The van der Waals surface area contributed by atoms with Gasteiger partial charge in [0.2, 0.25) is 0 Å². The number of pyridine rings is 1. The van der Waals surface area contributed by atoms with E-state index in [1.807, 2.05) is 42.5 Å². The first-order valence-electron chi connectivity index (χ1n) is 6.34. The summed E-state index contributed by atoms with van der Waals surface area (Å²) in [6.07, 6.45) is 0. The molecule has 0 spiro atoms. The van der Waals surface area contributed by atoms with Gasteiger partial charge in [-0.25, -0.2) is 4.98 Å². The predicted octanol–water partition coefficient (Wildman–Crippen LogP) is 3.30. The van der Waals surface area contributed by atoms with Crippen molar-refractivity contribution >= 4 is 17.6 Å². The zero-order valence-electron chi connectivity index (χ0n) is 11.0. The molecule has 0 amide bonds. The second-order valence-corrected chi connectivity index (χ2v) is 5.18. The van der Waals surface area contributed by atoms with Crippen molar-refractivity contribution in [1.29, 1.82) is 0 Å². The Hall–Kier alpha value is -1.52. The lowest BCUT2D eigenvalue weighted by molar-refractivity contribution is 0.282. The molecule has 1 aromatic heterocycles. The summed E-state index contributed by atoms with van der Waals surface area (Å²) in [5, 5.41) is 12.2. The lowest BCUT2D eigenvalue weighted by Crippen LogP contribution is -2.00. The maximum Gasteiger partial charge on any atom is 0.126 e. The molecule has 0 aliphatic heterocycles. The number of aromatic nitrogens is 1. The summed E-state index contributed by atoms with van der Waals surface area (Å²) in [4.78, 5) is 5.73. The van der Waals surface area contributed by atoms with Gasteiger partial charge in [0.05, 0.1) is 12.3 Å². The molecule has 100 valence electrons. The van der Waals surface area contributed by atoms with Crippen LogP contribution in [0.3, 0.4) is 0 Å². The minimum atomic E-state index is 0.0945. The van der Waals surface area contributed by atoms with Gasteiger partial charge >= 0.3 is 0 Å². The van der Waals surface area contributed by atoms with E-state index in [0.29, 0.717) is 0 Å². The number of nitrogens with one attached hydrogen (secondary N) is 1. The van der Waals surface area contributed by atoms with Gasteiger partial charge in [-0.1, -0.05) is 18.2 Å². The topological polar surface area (TPSA) is 45.1 Å². The lowest BCUT2D eigenvalue weighted by Gasteiger charge is -2.06. The molecule has 2 N–H and O–H groups in total. The van der Waals surface area contributed by atoms with Gasteiger partial charge in [-0.05, 0) is 36.8 Å². The number of anilines is 1. The standard InChI is InChI=1S/C15H18N2OS/c1-2-16-15-5-3-4-13(17-15)11-19-14-8-6-12(10-18)7-9-14/h3-9,18H,2,10-11H2,1H3,(H,16,17). The van der Waals surface area contributed by atoms with Crippen LogP contribution >= 0.6 is 11.8 Å². The highest BCUT2D eigenvalue weighted by Gasteiger charge is 1.99. The number of nitrogens with zero attached hydrogens (tertiary/aromatic N) is 1. The molecule has 0 fully saturated rings. The van der Waals surface area contributed by atoms with Gasteiger partial charge in [-0.15, -0.1) is 11.8 Å². The third-order valence-corrected chi connectivity index (χ3v) is 3.70. The van der Waals surface area contributed by atoms with Crippen molar-refractivity contribution in [1.82, 2.24) is 4.98 Å². The molecule has 0 unspecified atom stereocenters. The Labute approximate surface area is 118 Å². The van der Waals surface area contributed by atoms with Gasteiger partial charge in [0.15, 0.2) is 0 Å². The van der Waals surface area contributed by atoms with Crippen LogP contribution in [0.15, 0.2) is 47.4 Å². The van der Waals surface area contributed by atoms with Crippen molar-refractivity contribution in [3.05, 3.63) is 53.7 Å². The Kier molecular flexibility index (Phi) is 5.24. The normalized spacial score (nSPS) is 10.4. The zero-order chi connectivity index (χ0) is 13.5. The monoisotopic (exact) mass is 274 g/mol. The molecule has 3 nitrogen and oxygen atoms in total. The fourth-order valence-electron chi connectivity index (χ4n) is 1.69. The predicted molar refractivity (Wildman–Crippen MR) is 80.3 cm³/mol. The second kappa shape index (κ2) is 7.16. The van der Waals surface area contributed by atoms with Gasteiger partial charge < -0.3 is 10.4 Å². The van der Waals surface area contributed by atoms with Gasteiger partial charge in [-0.2, -0.15) is 0 Å². The number of rotatable bonds is 6. The molecule has 1 heterocycles. The van der Waals surface area contributed by atoms with Crippen LogP contribution in [0.5, 0.6) is 0 Å². The van der Waals surface area contributed by atoms with Gasteiger partial charge in [0, 0.05) is 17.2 Å². The molecule has 0 bridgehead atoms. The summed E-state index contributed by atoms with van der Waals surface area (Å²) < 4.78 is 0. The first-order valence-corrected chi connectivity index (χ1v) is 7.32. The highest BCUT2D eigenvalue weighted by atomic mass is 32.2. The van der Waals surface area contributed by atoms with E-state index in [1.165, 1.54) is 4.90 Å². The van der Waals surface area contributed by atoms with Gasteiger partial charge in [0.25, 0.3) is 0 Å². The van der Waals surface area contributed by atoms with Crippen LogP contribution < -0.4 is 5.32 Å². The van der Waals surface area contributed by atoms with Crippen molar-refractivity contribution in [2.45, 2.75) is 24.2 Å². The Morgan fingerprint density at radius 1 is 1.16 bits per heavy atom. The van der Waals surface area contributed by atoms with E-state index in [1.54, 1.807) is 11.8 Å². The average molecular weight is 274 g/mol. The van der Waals surface area contributed by atoms with Gasteiger partial charge in [-0.3, -0.25) is 0 Å². The molecule has 0 saturated carbocycles. The zero-order valence-corrected chi connectivity index (χ0v) is 11.8. The van der Waals surface area contributed by atoms with E-state index in [2.05, 4.69) is 17.2 Å². The van der Waals surface area contributed by atoms with E-state index in [4.69, 9.17) is 5.11 Å². The van der Waals surface area contributed by atoms with Crippen LogP contribution in [0.1, 0.15) is 18.2 Å². The Balaban J connectivity index is 1.95. The van der Waals surface area contributed by atoms with Crippen molar-refractivity contribution in [2.75, 3.05) is 11.9 Å². The maximum atomic E-state index is 8.99. The van der Waals surface area contributed by atoms with Crippen LogP contribution in [0, 0.1) is 0 Å². The molecule has 0 atom stereocenters. The van der Waals surface area contributed by atoms with Crippen LogP contribution in [-0.2, 0) is 12.4 Å². The quantitative estimate of drug-likeness (QED) is 0.793. The van der Waals surface area contributed by atoms with Crippen LogP contribution in [0.2, 0.25) is 0 Å². The average Bonchev–Trinajstić information content (AvgIpc) is 2.46. The van der Waals surface area contributed by atoms with E-state index < -0.39 is 0 Å². The Morgan fingerprint density at radius 2 is 1.95 bits per heavy atom. The van der Waals surface area contributed by atoms with Crippen molar-refractivity contribution in [3.63, 3.8) is 0 Å². The third-order valence-electron chi connectivity index (χ3n) is 2.66. The van der Waals surface area contributed by atoms with Crippen molar-refractivity contribution in [3.8, 4) is 0 Å². The summed E-state index contributed by atoms with van der Waals surface area (Å²) >= 11 is 1.75. The van der Waals surface area contributed by atoms with Crippen LogP contribution in [0.25, 0.3) is 0 Å². The molecule has 2 aromatic rings. The Morgan fingerprint density at radius 3 is 2.63 bits per heavy atom. The summed E-state index contributed by atoms with van der Waals surface area (Å²) in [7, 11) is 0. The number of benzene rings is 1. The first kappa shape index (κ1) is 13.9. The minimum absolute atomic E-state index is 0.0945. The van der Waals surface area contributed by atoms with E-state index in [0.717, 1.165) is 29.4 Å². The van der Waals surface area contributed by atoms with E-state index >= 15 is 0 Å². The summed E-state index contributed by atoms with van der Waals surface area (Å²) in [5.74, 6) is 1.77. The first-order chi connectivity index (χ1) is 9.31. The molecule has 0 saturated heterocycles. The number of aliphatic hydroxyl groups excluding tert-OH is 1. The fraction of sp³-hybridized carbons (Fsp3) is 0.267. The maximum absolute atomic E-state index is 8.99. The van der Waals surface area contributed by atoms with E-state index in [-0.39, 0.29) is 6.61 Å². The molecule has 0 aliphatic rings. The smallest absolute Gasteiger partial charge is 0.126 e. The number of hydrogen-bond donors (Lipinski definition) is 2. The summed E-state index contributed by atoms with van der Waals surface area (Å²) in [5.41, 5.74) is 2.01. The van der Waals surface area contributed by atoms with Crippen molar-refractivity contribution in [2.24, 2.45) is 0 Å². The molecule has 2 rings (SSSR count). The SMILES string of the molecule is CCNc1cccc(CSc2ccc(CO)cc2)n1. The number of aliphatic hydroxyl groups is 1. The third kappa shape index (κ3) is 4.26. The largest absolute Gasteiger partial charge is 0.392 e. The molecular formula is C15H18N2OS. The number of hydrogen-bond acceptors (Lipinski definition) is 4. The second-order valence-electron chi connectivity index (χ2n) is 4.14. The Bertz CT molecular complexity index is 514. The number of thioether (sulfide) groups is 1. The molecule has 1 aromatic carbocycles. The van der Waals surface area contributed by atoms with Gasteiger partial charge in [0.1, 0.15) is 5.82 Å². The van der Waals surface area contributed by atoms with Crippen molar-refractivity contribution < 1.29 is 5.11 Å². The molecule has 0 aliphatic carbocycles. The van der Waals surface area contributed by atoms with Crippen LogP contribution in [-0.4, -0.2) is 16.6 Å².